The van der Waals surface area contributed by atoms with E-state index in [1.54, 1.807) is 0 Å². The van der Waals surface area contributed by atoms with E-state index in [1.165, 1.54) is 25.8 Å². The van der Waals surface area contributed by atoms with Crippen molar-refractivity contribution in [1.82, 2.24) is 4.90 Å². The van der Waals surface area contributed by atoms with E-state index in [0.717, 1.165) is 19.0 Å². The van der Waals surface area contributed by atoms with Crippen LogP contribution in [0.4, 0.5) is 0 Å². The third-order valence-electron chi connectivity index (χ3n) is 3.47. The van der Waals surface area contributed by atoms with E-state index in [9.17, 15) is 0 Å². The van der Waals surface area contributed by atoms with Crippen LogP contribution >= 0.6 is 0 Å². The van der Waals surface area contributed by atoms with Crippen molar-refractivity contribution in [3.8, 4) is 0 Å². The van der Waals surface area contributed by atoms with Crippen LogP contribution in [0.15, 0.2) is 0 Å². The van der Waals surface area contributed by atoms with Crippen molar-refractivity contribution in [3.63, 3.8) is 0 Å². The predicted octanol–water partition coefficient (Wildman–Crippen LogP) is 1.85. The molecule has 1 atom stereocenters. The van der Waals surface area contributed by atoms with E-state index < -0.39 is 0 Å². The first-order valence-corrected chi connectivity index (χ1v) is 5.64. The molecule has 0 radical (unpaired) electrons. The molecule has 0 heterocycles. The van der Waals surface area contributed by atoms with Crippen molar-refractivity contribution in [1.29, 1.82) is 0 Å². The predicted molar refractivity (Wildman–Crippen MR) is 57.7 cm³/mol. The molecule has 13 heavy (non-hydrogen) atoms. The quantitative estimate of drug-likeness (QED) is 0.682. The summed E-state index contributed by atoms with van der Waals surface area (Å²) in [5.74, 6) is 0.865. The van der Waals surface area contributed by atoms with Crippen molar-refractivity contribution < 1.29 is 0 Å². The molecule has 0 saturated heterocycles. The minimum atomic E-state index is 0.282. The van der Waals surface area contributed by atoms with Gasteiger partial charge in [0, 0.05) is 12.1 Å². The summed E-state index contributed by atoms with van der Waals surface area (Å²) in [6.45, 7) is 9.96. The van der Waals surface area contributed by atoms with Crippen LogP contribution in [0.3, 0.4) is 0 Å². The van der Waals surface area contributed by atoms with Crippen molar-refractivity contribution in [2.45, 2.75) is 45.6 Å². The van der Waals surface area contributed by atoms with Crippen LogP contribution < -0.4 is 5.73 Å². The Morgan fingerprint density at radius 2 is 2.00 bits per heavy atom. The summed E-state index contributed by atoms with van der Waals surface area (Å²) in [4.78, 5) is 2.56. The molecule has 0 aliphatic heterocycles. The van der Waals surface area contributed by atoms with Crippen molar-refractivity contribution >= 4 is 0 Å². The average molecular weight is 184 g/mol. The Labute approximate surface area is 82.5 Å². The fourth-order valence-electron chi connectivity index (χ4n) is 2.30. The van der Waals surface area contributed by atoms with Crippen LogP contribution in [-0.4, -0.2) is 30.1 Å². The molecule has 1 saturated carbocycles. The van der Waals surface area contributed by atoms with Crippen LogP contribution in [0.5, 0.6) is 0 Å². The summed E-state index contributed by atoms with van der Waals surface area (Å²) in [6.07, 6.45) is 4.00. The first-order valence-electron chi connectivity index (χ1n) is 5.64. The van der Waals surface area contributed by atoms with Gasteiger partial charge in [-0.1, -0.05) is 13.8 Å². The number of nitrogens with two attached hydrogens (primary N) is 1. The minimum absolute atomic E-state index is 0.282. The van der Waals surface area contributed by atoms with Gasteiger partial charge in [0.1, 0.15) is 0 Å². The van der Waals surface area contributed by atoms with Crippen LogP contribution in [0.25, 0.3) is 0 Å². The van der Waals surface area contributed by atoms with Gasteiger partial charge in [-0.05, 0) is 45.2 Å². The molecule has 0 amide bonds. The molecule has 2 nitrogen and oxygen atoms in total. The van der Waals surface area contributed by atoms with Crippen LogP contribution in [0, 0.1) is 5.92 Å². The zero-order valence-electron chi connectivity index (χ0n) is 9.34. The zero-order chi connectivity index (χ0) is 9.90. The summed E-state index contributed by atoms with van der Waals surface area (Å²) in [6, 6.07) is 0. The van der Waals surface area contributed by atoms with Gasteiger partial charge in [-0.2, -0.15) is 0 Å². The highest BCUT2D eigenvalue weighted by molar-refractivity contribution is 4.99. The van der Waals surface area contributed by atoms with E-state index in [0.29, 0.717) is 0 Å². The van der Waals surface area contributed by atoms with Gasteiger partial charge in [-0.3, -0.25) is 4.90 Å². The Kier molecular flexibility index (Phi) is 3.74. The lowest BCUT2D eigenvalue weighted by Gasteiger charge is -2.40. The molecule has 1 aliphatic rings. The van der Waals surface area contributed by atoms with Crippen molar-refractivity contribution in [3.05, 3.63) is 0 Å². The third-order valence-corrected chi connectivity index (χ3v) is 3.47. The Bertz CT molecular complexity index is 154. The normalized spacial score (nSPS) is 21.9. The highest BCUT2D eigenvalue weighted by Gasteiger charge is 2.43. The number of hydrogen-bond donors (Lipinski definition) is 1. The highest BCUT2D eigenvalue weighted by Crippen LogP contribution is 2.42. The molecule has 0 aromatic carbocycles. The molecule has 0 aromatic rings. The molecular weight excluding hydrogens is 160 g/mol. The van der Waals surface area contributed by atoms with Gasteiger partial charge in [-0.25, -0.2) is 0 Å². The lowest BCUT2D eigenvalue weighted by atomic mass is 9.93. The van der Waals surface area contributed by atoms with E-state index in [-0.39, 0.29) is 5.54 Å². The number of rotatable bonds is 6. The van der Waals surface area contributed by atoms with Gasteiger partial charge in [0.15, 0.2) is 0 Å². The van der Waals surface area contributed by atoms with Crippen molar-refractivity contribution in [2.24, 2.45) is 11.7 Å². The Balaban J connectivity index is 2.59. The number of nitrogens with zero attached hydrogens (tertiary/aromatic N) is 1. The van der Waals surface area contributed by atoms with Gasteiger partial charge in [0.2, 0.25) is 0 Å². The van der Waals surface area contributed by atoms with Gasteiger partial charge in [0.25, 0.3) is 0 Å². The Hall–Kier alpha value is -0.0800. The maximum atomic E-state index is 5.91. The third kappa shape index (κ3) is 2.23. The van der Waals surface area contributed by atoms with Gasteiger partial charge in [0.05, 0.1) is 0 Å². The molecule has 1 unspecified atom stereocenters. The molecule has 1 fully saturated rings. The first kappa shape index (κ1) is 11.0. The van der Waals surface area contributed by atoms with Gasteiger partial charge in [-0.15, -0.1) is 0 Å². The van der Waals surface area contributed by atoms with Gasteiger partial charge >= 0.3 is 0 Å². The fourth-order valence-corrected chi connectivity index (χ4v) is 2.30. The molecule has 2 heteroatoms. The lowest BCUT2D eigenvalue weighted by molar-refractivity contribution is 0.0953. The van der Waals surface area contributed by atoms with Crippen molar-refractivity contribution in [2.75, 3.05) is 19.6 Å². The second kappa shape index (κ2) is 4.43. The average Bonchev–Trinajstić information content (AvgIpc) is 2.96. The maximum absolute atomic E-state index is 5.91. The van der Waals surface area contributed by atoms with E-state index in [4.69, 9.17) is 5.73 Å². The minimum Gasteiger partial charge on any atom is -0.329 e. The summed E-state index contributed by atoms with van der Waals surface area (Å²) < 4.78 is 0. The SMILES string of the molecule is CCCN(CC)C(C)(CN)C1CC1. The molecule has 1 rings (SSSR count). The maximum Gasteiger partial charge on any atom is 0.0331 e. The van der Waals surface area contributed by atoms with Crippen LogP contribution in [0.1, 0.15) is 40.0 Å². The molecule has 1 aliphatic carbocycles. The molecule has 0 spiro atoms. The smallest absolute Gasteiger partial charge is 0.0331 e. The molecular formula is C11H24N2. The second-order valence-electron chi connectivity index (χ2n) is 4.42. The van der Waals surface area contributed by atoms with E-state index in [1.807, 2.05) is 0 Å². The van der Waals surface area contributed by atoms with Crippen LogP contribution in [-0.2, 0) is 0 Å². The Morgan fingerprint density at radius 3 is 2.31 bits per heavy atom. The highest BCUT2D eigenvalue weighted by atomic mass is 15.2. The fraction of sp³-hybridized carbons (Fsp3) is 1.00. The zero-order valence-corrected chi connectivity index (χ0v) is 9.34. The van der Waals surface area contributed by atoms with E-state index >= 15 is 0 Å². The molecule has 2 N–H and O–H groups in total. The second-order valence-corrected chi connectivity index (χ2v) is 4.42. The summed E-state index contributed by atoms with van der Waals surface area (Å²) in [7, 11) is 0. The summed E-state index contributed by atoms with van der Waals surface area (Å²) in [5.41, 5.74) is 6.20. The Morgan fingerprint density at radius 1 is 1.38 bits per heavy atom. The largest absolute Gasteiger partial charge is 0.329 e. The lowest BCUT2D eigenvalue weighted by Crippen LogP contribution is -2.53. The number of likely N-dealkylation sites (N-methyl/N-ethyl adjacent to an activating group) is 1. The topological polar surface area (TPSA) is 29.3 Å². The molecule has 0 aromatic heterocycles. The number of hydrogen-bond acceptors (Lipinski definition) is 2. The monoisotopic (exact) mass is 184 g/mol. The first-order chi connectivity index (χ1) is 6.19. The molecule has 0 bridgehead atoms. The summed E-state index contributed by atoms with van der Waals surface area (Å²) >= 11 is 0. The van der Waals surface area contributed by atoms with Gasteiger partial charge < -0.3 is 5.73 Å². The van der Waals surface area contributed by atoms with E-state index in [2.05, 4.69) is 25.7 Å². The van der Waals surface area contributed by atoms with Crippen LogP contribution in [0.2, 0.25) is 0 Å². The molecule has 78 valence electrons. The standard InChI is InChI=1S/C11H24N2/c1-4-8-13(5-2)11(3,9-12)10-6-7-10/h10H,4-9,12H2,1-3H3. The summed E-state index contributed by atoms with van der Waals surface area (Å²) in [5, 5.41) is 0.